The van der Waals surface area contributed by atoms with E-state index < -0.39 is 0 Å². The van der Waals surface area contributed by atoms with Crippen LogP contribution in [0.4, 0.5) is 0 Å². The van der Waals surface area contributed by atoms with Gasteiger partial charge in [0.25, 0.3) is 0 Å². The van der Waals surface area contributed by atoms with Crippen LogP contribution in [-0.4, -0.2) is 40.1 Å². The van der Waals surface area contributed by atoms with E-state index in [1.807, 2.05) is 12.1 Å². The molecular formula is C20H25BrN2O3+2. The van der Waals surface area contributed by atoms with Crippen LogP contribution in [0.1, 0.15) is 11.1 Å². The Balaban J connectivity index is 1.29. The molecule has 0 bridgehead atoms. The van der Waals surface area contributed by atoms with Gasteiger partial charge in [-0.3, -0.25) is 0 Å². The molecule has 2 aliphatic heterocycles. The Morgan fingerprint density at radius 1 is 0.885 bits per heavy atom. The van der Waals surface area contributed by atoms with Gasteiger partial charge in [0.15, 0.2) is 11.5 Å². The molecule has 0 atom stereocenters. The van der Waals surface area contributed by atoms with Crippen molar-refractivity contribution in [2.45, 2.75) is 13.1 Å². The van der Waals surface area contributed by atoms with Gasteiger partial charge in [-0.1, -0.05) is 0 Å². The Kier molecular flexibility index (Phi) is 5.33. The predicted molar refractivity (Wildman–Crippen MR) is 102 cm³/mol. The topological polar surface area (TPSA) is 36.6 Å². The number of nitrogens with one attached hydrogen (secondary N) is 2. The van der Waals surface area contributed by atoms with Gasteiger partial charge < -0.3 is 24.0 Å². The number of halogens is 1. The number of piperazine rings is 1. The van der Waals surface area contributed by atoms with E-state index >= 15 is 0 Å². The summed E-state index contributed by atoms with van der Waals surface area (Å²) in [7, 11) is 1.70. The molecule has 2 aliphatic rings. The standard InChI is InChI=1S/C20H23BrN2O3/c1-24-18-4-2-15(10-17(18)21)12-22-6-8-23(9-7-22)13-16-3-5-19-20(11-16)26-14-25-19/h2-5,10-11H,6-9,12-14H2,1H3/p+2. The molecule has 6 heteroatoms. The average Bonchev–Trinajstić information content (AvgIpc) is 3.11. The molecule has 0 radical (unpaired) electrons. The number of hydrogen-bond donors (Lipinski definition) is 2. The van der Waals surface area contributed by atoms with Crippen LogP contribution in [0.3, 0.4) is 0 Å². The second kappa shape index (κ2) is 7.86. The average molecular weight is 421 g/mol. The fraction of sp³-hybridized carbons (Fsp3) is 0.400. The van der Waals surface area contributed by atoms with Crippen molar-refractivity contribution in [2.75, 3.05) is 40.1 Å². The molecule has 1 fully saturated rings. The molecule has 0 aromatic heterocycles. The third kappa shape index (κ3) is 3.98. The smallest absolute Gasteiger partial charge is 0.231 e. The van der Waals surface area contributed by atoms with Crippen LogP contribution in [0.25, 0.3) is 0 Å². The molecule has 5 nitrogen and oxygen atoms in total. The molecule has 0 aliphatic carbocycles. The molecule has 2 heterocycles. The maximum absolute atomic E-state index is 5.49. The van der Waals surface area contributed by atoms with E-state index in [0.29, 0.717) is 6.79 Å². The monoisotopic (exact) mass is 420 g/mol. The Bertz CT molecular complexity index is 776. The molecule has 1 saturated heterocycles. The summed E-state index contributed by atoms with van der Waals surface area (Å²) in [5.74, 6) is 2.64. The Labute approximate surface area is 162 Å². The van der Waals surface area contributed by atoms with Crippen molar-refractivity contribution >= 4 is 15.9 Å². The van der Waals surface area contributed by atoms with E-state index in [0.717, 1.165) is 34.8 Å². The van der Waals surface area contributed by atoms with Crippen molar-refractivity contribution < 1.29 is 24.0 Å². The lowest BCUT2D eigenvalue weighted by molar-refractivity contribution is -1.02. The molecule has 138 valence electrons. The number of methoxy groups -OCH3 is 1. The van der Waals surface area contributed by atoms with Gasteiger partial charge >= 0.3 is 0 Å². The Morgan fingerprint density at radius 2 is 1.50 bits per heavy atom. The lowest BCUT2D eigenvalue weighted by atomic mass is 10.1. The minimum absolute atomic E-state index is 0.342. The van der Waals surface area contributed by atoms with E-state index in [9.17, 15) is 0 Å². The number of hydrogen-bond acceptors (Lipinski definition) is 3. The number of benzene rings is 2. The third-order valence-corrected chi connectivity index (χ3v) is 5.85. The highest BCUT2D eigenvalue weighted by Crippen LogP contribution is 2.32. The summed E-state index contributed by atoms with van der Waals surface area (Å²) in [6.07, 6.45) is 0. The Morgan fingerprint density at radius 3 is 2.15 bits per heavy atom. The maximum Gasteiger partial charge on any atom is 0.231 e. The molecule has 2 aromatic carbocycles. The number of quaternary nitrogens is 2. The summed E-state index contributed by atoms with van der Waals surface area (Å²) in [4.78, 5) is 3.29. The van der Waals surface area contributed by atoms with Gasteiger partial charge in [-0.25, -0.2) is 0 Å². The number of ether oxygens (including phenoxy) is 3. The summed E-state index contributed by atoms with van der Waals surface area (Å²) < 4.78 is 17.2. The van der Waals surface area contributed by atoms with Crippen LogP contribution in [0, 0.1) is 0 Å². The first-order valence-electron chi connectivity index (χ1n) is 9.09. The van der Waals surface area contributed by atoms with Gasteiger partial charge in [-0.15, -0.1) is 0 Å². The highest BCUT2D eigenvalue weighted by atomic mass is 79.9. The lowest BCUT2D eigenvalue weighted by Gasteiger charge is -2.30. The van der Waals surface area contributed by atoms with E-state index in [1.54, 1.807) is 16.9 Å². The summed E-state index contributed by atoms with van der Waals surface area (Å²) in [5, 5.41) is 0. The molecule has 0 unspecified atom stereocenters. The minimum Gasteiger partial charge on any atom is -0.496 e. The first-order valence-corrected chi connectivity index (χ1v) is 9.88. The van der Waals surface area contributed by atoms with Gasteiger partial charge in [-0.05, 0) is 52.3 Å². The fourth-order valence-electron chi connectivity index (χ4n) is 3.76. The van der Waals surface area contributed by atoms with Crippen molar-refractivity contribution in [3.8, 4) is 17.2 Å². The molecular weight excluding hydrogens is 396 g/mol. The van der Waals surface area contributed by atoms with Crippen LogP contribution in [-0.2, 0) is 13.1 Å². The van der Waals surface area contributed by atoms with E-state index in [2.05, 4.69) is 40.2 Å². The van der Waals surface area contributed by atoms with Crippen molar-refractivity contribution in [1.29, 1.82) is 0 Å². The first-order chi connectivity index (χ1) is 12.7. The first kappa shape index (κ1) is 17.6. The summed E-state index contributed by atoms with van der Waals surface area (Å²) in [5.41, 5.74) is 2.68. The molecule has 26 heavy (non-hydrogen) atoms. The fourth-order valence-corrected chi connectivity index (χ4v) is 4.35. The Hall–Kier alpha value is -1.76. The maximum atomic E-state index is 5.49. The van der Waals surface area contributed by atoms with Crippen LogP contribution >= 0.6 is 15.9 Å². The molecule has 4 rings (SSSR count). The molecule has 2 N–H and O–H groups in total. The van der Waals surface area contributed by atoms with Gasteiger partial charge in [0.05, 0.1) is 11.6 Å². The highest BCUT2D eigenvalue weighted by Gasteiger charge is 2.24. The van der Waals surface area contributed by atoms with Crippen LogP contribution in [0.2, 0.25) is 0 Å². The second-order valence-corrected chi connectivity index (χ2v) is 7.86. The molecule has 0 amide bonds. The van der Waals surface area contributed by atoms with Crippen LogP contribution in [0.15, 0.2) is 40.9 Å². The molecule has 0 saturated carbocycles. The second-order valence-electron chi connectivity index (χ2n) is 7.01. The van der Waals surface area contributed by atoms with Crippen molar-refractivity contribution in [1.82, 2.24) is 0 Å². The minimum atomic E-state index is 0.342. The van der Waals surface area contributed by atoms with Crippen LogP contribution < -0.4 is 24.0 Å². The van der Waals surface area contributed by atoms with Gasteiger partial charge in [0.1, 0.15) is 45.0 Å². The predicted octanol–water partition coefficient (Wildman–Crippen LogP) is 0.670. The van der Waals surface area contributed by atoms with E-state index in [4.69, 9.17) is 14.2 Å². The summed E-state index contributed by atoms with van der Waals surface area (Å²) in [6.45, 7) is 7.25. The quantitative estimate of drug-likeness (QED) is 0.746. The van der Waals surface area contributed by atoms with Gasteiger partial charge in [0, 0.05) is 11.1 Å². The largest absolute Gasteiger partial charge is 0.496 e. The molecule has 0 spiro atoms. The lowest BCUT2D eigenvalue weighted by Crippen LogP contribution is -3.27. The number of fused-ring (bicyclic) bond motifs is 1. The number of rotatable bonds is 5. The summed E-state index contributed by atoms with van der Waals surface area (Å²) >= 11 is 3.58. The van der Waals surface area contributed by atoms with E-state index in [1.165, 1.54) is 37.3 Å². The van der Waals surface area contributed by atoms with Gasteiger partial charge in [0.2, 0.25) is 6.79 Å². The SMILES string of the molecule is COc1ccc(C[NH+]2CC[NH+](Cc3ccc4c(c3)OCO4)CC2)cc1Br. The van der Waals surface area contributed by atoms with Crippen LogP contribution in [0.5, 0.6) is 17.2 Å². The zero-order valence-corrected chi connectivity index (χ0v) is 16.6. The van der Waals surface area contributed by atoms with Crippen molar-refractivity contribution in [3.63, 3.8) is 0 Å². The molecule has 2 aromatic rings. The van der Waals surface area contributed by atoms with Crippen molar-refractivity contribution in [2.24, 2.45) is 0 Å². The van der Waals surface area contributed by atoms with E-state index in [-0.39, 0.29) is 0 Å². The summed E-state index contributed by atoms with van der Waals surface area (Å²) in [6, 6.07) is 12.7. The van der Waals surface area contributed by atoms with Gasteiger partial charge in [-0.2, -0.15) is 0 Å². The third-order valence-electron chi connectivity index (χ3n) is 5.23. The normalized spacial score (nSPS) is 21.6. The zero-order valence-electron chi connectivity index (χ0n) is 15.0. The highest BCUT2D eigenvalue weighted by molar-refractivity contribution is 9.10. The zero-order chi connectivity index (χ0) is 17.9. The van der Waals surface area contributed by atoms with Crippen molar-refractivity contribution in [3.05, 3.63) is 52.0 Å².